The van der Waals surface area contributed by atoms with Crippen LogP contribution in [0.15, 0.2) is 30.3 Å². The minimum atomic E-state index is -0.0762. The molecule has 0 saturated heterocycles. The molecule has 0 spiro atoms. The molecule has 96 valence electrons. The lowest BCUT2D eigenvalue weighted by atomic mass is 9.83. The third-order valence-corrected chi connectivity index (χ3v) is 3.63. The van der Waals surface area contributed by atoms with Crippen molar-refractivity contribution in [3.63, 3.8) is 0 Å². The number of rotatable bonds is 2. The monoisotopic (exact) mass is 244 g/mol. The molecule has 0 fully saturated rings. The maximum Gasteiger partial charge on any atom is 0.245 e. The number of carbonyl (C=O) groups excluding carboxylic acids is 1. The first-order chi connectivity index (χ1) is 8.58. The zero-order valence-corrected chi connectivity index (χ0v) is 11.2. The highest BCUT2D eigenvalue weighted by Gasteiger charge is 2.30. The van der Waals surface area contributed by atoms with E-state index >= 15 is 0 Å². The molecule has 0 bridgehead atoms. The fraction of sp³-hybridized carbons (Fsp3) is 0.400. The summed E-state index contributed by atoms with van der Waals surface area (Å²) in [6.45, 7) is 4.36. The Morgan fingerprint density at radius 2 is 2.22 bits per heavy atom. The lowest BCUT2D eigenvalue weighted by Crippen LogP contribution is -2.46. The van der Waals surface area contributed by atoms with Crippen molar-refractivity contribution in [1.82, 2.24) is 10.6 Å². The zero-order chi connectivity index (χ0) is 13.2. The molecule has 1 aliphatic rings. The molecule has 18 heavy (non-hydrogen) atoms. The topological polar surface area (TPSA) is 41.1 Å². The third-order valence-electron chi connectivity index (χ3n) is 3.63. The van der Waals surface area contributed by atoms with Crippen molar-refractivity contribution in [3.05, 3.63) is 41.5 Å². The van der Waals surface area contributed by atoms with E-state index in [4.69, 9.17) is 0 Å². The second-order valence-corrected chi connectivity index (χ2v) is 5.05. The molecule has 1 aromatic carbocycles. The molecule has 3 heteroatoms. The normalized spacial score (nSPS) is 24.3. The zero-order valence-electron chi connectivity index (χ0n) is 11.2. The van der Waals surface area contributed by atoms with Gasteiger partial charge >= 0.3 is 0 Å². The summed E-state index contributed by atoms with van der Waals surface area (Å²) in [5.74, 6) is -0.0762. The Labute approximate surface area is 108 Å². The van der Waals surface area contributed by atoms with Gasteiger partial charge in [-0.25, -0.2) is 0 Å². The molecule has 2 rings (SSSR count). The Hall–Kier alpha value is -1.77. The molecule has 1 aliphatic heterocycles. The van der Waals surface area contributed by atoms with E-state index in [1.807, 2.05) is 6.07 Å². The highest BCUT2D eigenvalue weighted by Crippen LogP contribution is 2.31. The summed E-state index contributed by atoms with van der Waals surface area (Å²) in [5, 5.41) is 6.13. The van der Waals surface area contributed by atoms with Gasteiger partial charge in [-0.3, -0.25) is 4.79 Å². The van der Waals surface area contributed by atoms with Crippen molar-refractivity contribution >= 4 is 11.6 Å². The molecule has 0 radical (unpaired) electrons. The highest BCUT2D eigenvalue weighted by atomic mass is 16.1. The Bertz CT molecular complexity index is 493. The Balaban J connectivity index is 2.46. The fourth-order valence-corrected chi connectivity index (χ4v) is 2.32. The maximum absolute atomic E-state index is 11.6. The highest BCUT2D eigenvalue weighted by molar-refractivity contribution is 5.95. The van der Waals surface area contributed by atoms with Crippen LogP contribution in [0.4, 0.5) is 0 Å². The van der Waals surface area contributed by atoms with Gasteiger partial charge in [0.25, 0.3) is 0 Å². The molecule has 1 heterocycles. The Morgan fingerprint density at radius 3 is 2.89 bits per heavy atom. The van der Waals surface area contributed by atoms with Gasteiger partial charge in [0.2, 0.25) is 5.91 Å². The fourth-order valence-electron chi connectivity index (χ4n) is 2.32. The summed E-state index contributed by atoms with van der Waals surface area (Å²) < 4.78 is 0. The molecule has 0 aromatic heterocycles. The lowest BCUT2D eigenvalue weighted by Gasteiger charge is -2.38. The van der Waals surface area contributed by atoms with Crippen LogP contribution < -0.4 is 10.6 Å². The SMILES string of the molecule is CC[C@]1(C)Cc2ccccc2C(=CC(=O)NC)N1. The van der Waals surface area contributed by atoms with Gasteiger partial charge < -0.3 is 10.6 Å². The Kier molecular flexibility index (Phi) is 3.41. The van der Waals surface area contributed by atoms with Crippen molar-refractivity contribution in [2.75, 3.05) is 7.05 Å². The predicted molar refractivity (Wildman–Crippen MR) is 74.0 cm³/mol. The van der Waals surface area contributed by atoms with Crippen LogP contribution >= 0.6 is 0 Å². The van der Waals surface area contributed by atoms with E-state index in [9.17, 15) is 4.79 Å². The van der Waals surface area contributed by atoms with Crippen LogP contribution in [0.1, 0.15) is 31.4 Å². The molecule has 1 atom stereocenters. The summed E-state index contributed by atoms with van der Waals surface area (Å²) in [6, 6.07) is 8.26. The molecule has 0 aliphatic carbocycles. The van der Waals surface area contributed by atoms with Gasteiger partial charge in [0.05, 0.1) is 0 Å². The molecule has 3 nitrogen and oxygen atoms in total. The lowest BCUT2D eigenvalue weighted by molar-refractivity contribution is -0.116. The van der Waals surface area contributed by atoms with Crippen LogP contribution in [0.25, 0.3) is 5.70 Å². The van der Waals surface area contributed by atoms with Crippen LogP contribution in [0.2, 0.25) is 0 Å². The number of nitrogens with one attached hydrogen (secondary N) is 2. The average Bonchev–Trinajstić information content (AvgIpc) is 2.38. The van der Waals surface area contributed by atoms with Gasteiger partial charge in [0.1, 0.15) is 0 Å². The van der Waals surface area contributed by atoms with Gasteiger partial charge in [-0.15, -0.1) is 0 Å². The first-order valence-corrected chi connectivity index (χ1v) is 6.38. The smallest absolute Gasteiger partial charge is 0.245 e. The van der Waals surface area contributed by atoms with Crippen LogP contribution in [0, 0.1) is 0 Å². The molecular weight excluding hydrogens is 224 g/mol. The number of carbonyl (C=O) groups is 1. The van der Waals surface area contributed by atoms with E-state index in [2.05, 4.69) is 42.7 Å². The molecular formula is C15H20N2O. The van der Waals surface area contributed by atoms with E-state index in [1.54, 1.807) is 13.1 Å². The first kappa shape index (κ1) is 12.7. The predicted octanol–water partition coefficient (Wildman–Crippen LogP) is 2.09. The summed E-state index contributed by atoms with van der Waals surface area (Å²) in [5.41, 5.74) is 3.37. The molecule has 0 unspecified atom stereocenters. The first-order valence-electron chi connectivity index (χ1n) is 6.38. The van der Waals surface area contributed by atoms with Crippen molar-refractivity contribution in [1.29, 1.82) is 0 Å². The number of amides is 1. The van der Waals surface area contributed by atoms with E-state index in [0.717, 1.165) is 24.1 Å². The second kappa shape index (κ2) is 4.84. The summed E-state index contributed by atoms with van der Waals surface area (Å²) in [7, 11) is 1.65. The third kappa shape index (κ3) is 2.40. The molecule has 2 N–H and O–H groups in total. The standard InChI is InChI=1S/C15H20N2O/c1-4-15(2)10-11-7-5-6-8-12(11)13(17-15)9-14(18)16-3/h5-9,17H,4,10H2,1-3H3,(H,16,18)/t15-/m1/s1. The number of fused-ring (bicyclic) bond motifs is 1. The van der Waals surface area contributed by atoms with E-state index in [0.29, 0.717) is 0 Å². The van der Waals surface area contributed by atoms with Gasteiger partial charge in [0.15, 0.2) is 0 Å². The van der Waals surface area contributed by atoms with E-state index < -0.39 is 0 Å². The largest absolute Gasteiger partial charge is 0.379 e. The maximum atomic E-state index is 11.6. The van der Waals surface area contributed by atoms with Crippen molar-refractivity contribution < 1.29 is 4.79 Å². The quantitative estimate of drug-likeness (QED) is 0.782. The summed E-state index contributed by atoms with van der Waals surface area (Å²) in [4.78, 5) is 11.6. The number of benzene rings is 1. The van der Waals surface area contributed by atoms with Crippen LogP contribution in [-0.2, 0) is 11.2 Å². The van der Waals surface area contributed by atoms with Crippen LogP contribution in [0.5, 0.6) is 0 Å². The summed E-state index contributed by atoms with van der Waals surface area (Å²) in [6.07, 6.45) is 3.66. The minimum absolute atomic E-state index is 0.0220. The molecule has 1 aromatic rings. The van der Waals surface area contributed by atoms with Gasteiger partial charge in [-0.2, -0.15) is 0 Å². The van der Waals surface area contributed by atoms with Crippen LogP contribution in [-0.4, -0.2) is 18.5 Å². The van der Waals surface area contributed by atoms with Crippen molar-refractivity contribution in [2.24, 2.45) is 0 Å². The summed E-state index contributed by atoms with van der Waals surface area (Å²) >= 11 is 0. The number of hydrogen-bond acceptors (Lipinski definition) is 2. The second-order valence-electron chi connectivity index (χ2n) is 5.05. The number of likely N-dealkylation sites (N-methyl/N-ethyl adjacent to an activating group) is 1. The van der Waals surface area contributed by atoms with E-state index in [-0.39, 0.29) is 11.4 Å². The van der Waals surface area contributed by atoms with Crippen molar-refractivity contribution in [3.8, 4) is 0 Å². The van der Waals surface area contributed by atoms with Gasteiger partial charge in [-0.1, -0.05) is 31.2 Å². The van der Waals surface area contributed by atoms with Gasteiger partial charge in [0, 0.05) is 29.9 Å². The average molecular weight is 244 g/mol. The van der Waals surface area contributed by atoms with E-state index in [1.165, 1.54) is 5.56 Å². The molecule has 1 amide bonds. The van der Waals surface area contributed by atoms with Crippen molar-refractivity contribution in [2.45, 2.75) is 32.2 Å². The minimum Gasteiger partial charge on any atom is -0.379 e. The number of hydrogen-bond donors (Lipinski definition) is 2. The molecule has 0 saturated carbocycles. The van der Waals surface area contributed by atoms with Crippen LogP contribution in [0.3, 0.4) is 0 Å². The van der Waals surface area contributed by atoms with Gasteiger partial charge in [-0.05, 0) is 25.3 Å². The Morgan fingerprint density at radius 1 is 1.50 bits per heavy atom.